The summed E-state index contributed by atoms with van der Waals surface area (Å²) in [6.07, 6.45) is 2.08. The van der Waals surface area contributed by atoms with Crippen molar-refractivity contribution in [3.63, 3.8) is 0 Å². The summed E-state index contributed by atoms with van der Waals surface area (Å²) in [5, 5.41) is 2.75. The zero-order chi connectivity index (χ0) is 14.0. The lowest BCUT2D eigenvalue weighted by Gasteiger charge is -2.34. The van der Waals surface area contributed by atoms with Crippen LogP contribution in [0.5, 0.6) is 0 Å². The maximum Gasteiger partial charge on any atom is 0.256 e. The van der Waals surface area contributed by atoms with Crippen LogP contribution in [-0.4, -0.2) is 40.4 Å². The van der Waals surface area contributed by atoms with E-state index in [1.807, 2.05) is 6.92 Å². The van der Waals surface area contributed by atoms with Gasteiger partial charge < -0.3 is 14.8 Å². The van der Waals surface area contributed by atoms with Crippen molar-refractivity contribution in [1.82, 2.24) is 14.8 Å². The summed E-state index contributed by atoms with van der Waals surface area (Å²) >= 11 is 0. The summed E-state index contributed by atoms with van der Waals surface area (Å²) in [7, 11) is 1.60. The minimum atomic E-state index is -0.432. The number of amides is 2. The number of nitrogens with one attached hydrogen (secondary N) is 1. The Morgan fingerprint density at radius 1 is 1.42 bits per heavy atom. The topological polar surface area (TPSA) is 71.4 Å². The molecule has 19 heavy (non-hydrogen) atoms. The van der Waals surface area contributed by atoms with E-state index in [1.165, 1.54) is 22.9 Å². The van der Waals surface area contributed by atoms with Gasteiger partial charge in [-0.25, -0.2) is 0 Å². The van der Waals surface area contributed by atoms with Gasteiger partial charge in [0.15, 0.2) is 0 Å². The summed E-state index contributed by atoms with van der Waals surface area (Å²) in [6.45, 7) is 2.83. The van der Waals surface area contributed by atoms with Crippen LogP contribution in [0.1, 0.15) is 23.7 Å². The van der Waals surface area contributed by atoms with Gasteiger partial charge in [0.05, 0.1) is 5.56 Å². The molecule has 2 heterocycles. The van der Waals surface area contributed by atoms with Gasteiger partial charge in [-0.05, 0) is 12.5 Å². The second kappa shape index (κ2) is 5.26. The highest BCUT2D eigenvalue weighted by atomic mass is 16.2. The predicted molar refractivity (Wildman–Crippen MR) is 69.8 cm³/mol. The van der Waals surface area contributed by atoms with Gasteiger partial charge in [0.1, 0.15) is 6.04 Å². The largest absolute Gasteiger partial charge is 0.353 e. The molecule has 0 aliphatic carbocycles. The molecule has 2 rings (SSSR count). The van der Waals surface area contributed by atoms with Gasteiger partial charge in [-0.3, -0.25) is 14.4 Å². The number of hydrogen-bond acceptors (Lipinski definition) is 3. The van der Waals surface area contributed by atoms with Gasteiger partial charge >= 0.3 is 0 Å². The second-order valence-corrected chi connectivity index (χ2v) is 4.58. The number of pyridine rings is 1. The zero-order valence-electron chi connectivity index (χ0n) is 11.0. The number of carbonyl (C=O) groups is 2. The zero-order valence-corrected chi connectivity index (χ0v) is 11.0. The molecule has 0 radical (unpaired) electrons. The molecule has 0 unspecified atom stereocenters. The summed E-state index contributed by atoms with van der Waals surface area (Å²) in [4.78, 5) is 37.0. The quantitative estimate of drug-likeness (QED) is 0.799. The van der Waals surface area contributed by atoms with Crippen LogP contribution in [0.2, 0.25) is 0 Å². The van der Waals surface area contributed by atoms with Gasteiger partial charge in [0, 0.05) is 32.4 Å². The first-order valence-corrected chi connectivity index (χ1v) is 6.30. The van der Waals surface area contributed by atoms with Crippen LogP contribution in [0.4, 0.5) is 0 Å². The van der Waals surface area contributed by atoms with Crippen LogP contribution < -0.4 is 10.9 Å². The Bertz CT molecular complexity index is 564. The molecule has 0 saturated carbocycles. The van der Waals surface area contributed by atoms with Crippen molar-refractivity contribution in [2.45, 2.75) is 19.4 Å². The average molecular weight is 263 g/mol. The standard InChI is InChI=1S/C13H17N3O3/c1-3-10-12(18)14-6-7-16(10)13(19)9-4-5-11(17)15(2)8-9/h4-5,8,10H,3,6-7H2,1-2H3,(H,14,18)/t10-/m0/s1. The van der Waals surface area contributed by atoms with E-state index in [-0.39, 0.29) is 17.4 Å². The molecule has 1 atom stereocenters. The molecule has 0 bridgehead atoms. The van der Waals surface area contributed by atoms with Crippen LogP contribution in [0.15, 0.2) is 23.1 Å². The van der Waals surface area contributed by atoms with E-state index in [2.05, 4.69) is 5.32 Å². The first kappa shape index (κ1) is 13.3. The lowest BCUT2D eigenvalue weighted by Crippen LogP contribution is -2.57. The third-order valence-electron chi connectivity index (χ3n) is 3.31. The van der Waals surface area contributed by atoms with E-state index < -0.39 is 6.04 Å². The molecule has 1 fully saturated rings. The van der Waals surface area contributed by atoms with Crippen LogP contribution >= 0.6 is 0 Å². The third-order valence-corrected chi connectivity index (χ3v) is 3.31. The number of nitrogens with zero attached hydrogens (tertiary/aromatic N) is 2. The number of rotatable bonds is 2. The number of aromatic nitrogens is 1. The molecule has 102 valence electrons. The van der Waals surface area contributed by atoms with Gasteiger partial charge in [-0.15, -0.1) is 0 Å². The summed E-state index contributed by atoms with van der Waals surface area (Å²) in [6, 6.07) is 2.43. The monoisotopic (exact) mass is 263 g/mol. The van der Waals surface area contributed by atoms with Crippen LogP contribution in [0.3, 0.4) is 0 Å². The van der Waals surface area contributed by atoms with Gasteiger partial charge in [-0.1, -0.05) is 6.92 Å². The maximum atomic E-state index is 12.4. The minimum Gasteiger partial charge on any atom is -0.353 e. The highest BCUT2D eigenvalue weighted by molar-refractivity contribution is 5.97. The molecule has 2 amide bonds. The fraction of sp³-hybridized carbons (Fsp3) is 0.462. The van der Waals surface area contributed by atoms with Crippen molar-refractivity contribution in [3.8, 4) is 0 Å². The fourth-order valence-corrected chi connectivity index (χ4v) is 2.25. The second-order valence-electron chi connectivity index (χ2n) is 4.58. The van der Waals surface area contributed by atoms with Crippen LogP contribution in [0, 0.1) is 0 Å². The smallest absolute Gasteiger partial charge is 0.256 e. The molecule has 1 aliphatic heterocycles. The first-order chi connectivity index (χ1) is 9.04. The predicted octanol–water partition coefficient (Wildman–Crippen LogP) is -0.264. The molecule has 1 aliphatic rings. The van der Waals surface area contributed by atoms with Gasteiger partial charge in [0.2, 0.25) is 11.5 Å². The Kier molecular flexibility index (Phi) is 3.69. The first-order valence-electron chi connectivity index (χ1n) is 6.30. The lowest BCUT2D eigenvalue weighted by molar-refractivity contribution is -0.127. The minimum absolute atomic E-state index is 0.119. The SMILES string of the molecule is CC[C@H]1C(=O)NCCN1C(=O)c1ccc(=O)n(C)c1. The Labute approximate surface area is 111 Å². The number of carbonyl (C=O) groups excluding carboxylic acids is 2. The Morgan fingerprint density at radius 3 is 2.79 bits per heavy atom. The lowest BCUT2D eigenvalue weighted by atomic mass is 10.1. The van der Waals surface area contributed by atoms with Crippen molar-refractivity contribution in [2.75, 3.05) is 13.1 Å². The molecular weight excluding hydrogens is 246 g/mol. The molecule has 1 N–H and O–H groups in total. The highest BCUT2D eigenvalue weighted by Gasteiger charge is 2.32. The average Bonchev–Trinajstić information content (AvgIpc) is 2.40. The van der Waals surface area contributed by atoms with E-state index in [4.69, 9.17) is 0 Å². The van der Waals surface area contributed by atoms with E-state index in [9.17, 15) is 14.4 Å². The number of piperazine rings is 1. The van der Waals surface area contributed by atoms with E-state index in [0.717, 1.165) is 0 Å². The Hall–Kier alpha value is -2.11. The molecule has 6 heteroatoms. The summed E-state index contributed by atoms with van der Waals surface area (Å²) < 4.78 is 1.36. The summed E-state index contributed by atoms with van der Waals surface area (Å²) in [5.74, 6) is -0.329. The molecule has 1 aromatic rings. The van der Waals surface area contributed by atoms with Gasteiger partial charge in [0.25, 0.3) is 5.91 Å². The van der Waals surface area contributed by atoms with Crippen LogP contribution in [0.25, 0.3) is 0 Å². The van der Waals surface area contributed by atoms with Crippen molar-refractivity contribution in [3.05, 3.63) is 34.2 Å². The molecule has 1 aromatic heterocycles. The molecular formula is C13H17N3O3. The van der Waals surface area contributed by atoms with Crippen molar-refractivity contribution in [2.24, 2.45) is 7.05 Å². The molecule has 0 aromatic carbocycles. The Morgan fingerprint density at radius 2 is 2.16 bits per heavy atom. The third kappa shape index (κ3) is 2.52. The number of hydrogen-bond donors (Lipinski definition) is 1. The van der Waals surface area contributed by atoms with Crippen LogP contribution in [-0.2, 0) is 11.8 Å². The van der Waals surface area contributed by atoms with Gasteiger partial charge in [-0.2, -0.15) is 0 Å². The maximum absolute atomic E-state index is 12.4. The molecule has 0 spiro atoms. The van der Waals surface area contributed by atoms with E-state index in [0.29, 0.717) is 25.1 Å². The van der Waals surface area contributed by atoms with Crippen molar-refractivity contribution in [1.29, 1.82) is 0 Å². The summed E-state index contributed by atoms with van der Waals surface area (Å²) in [5.41, 5.74) is 0.259. The van der Waals surface area contributed by atoms with Crippen molar-refractivity contribution < 1.29 is 9.59 Å². The normalized spacial score (nSPS) is 19.2. The molecule has 6 nitrogen and oxygen atoms in total. The number of aryl methyl sites for hydroxylation is 1. The van der Waals surface area contributed by atoms with E-state index >= 15 is 0 Å². The van der Waals surface area contributed by atoms with E-state index in [1.54, 1.807) is 11.9 Å². The Balaban J connectivity index is 2.29. The molecule has 1 saturated heterocycles. The van der Waals surface area contributed by atoms with Crippen molar-refractivity contribution >= 4 is 11.8 Å². The fourth-order valence-electron chi connectivity index (χ4n) is 2.25. The highest BCUT2D eigenvalue weighted by Crippen LogP contribution is 2.12.